The topological polar surface area (TPSA) is 29.5 Å². The summed E-state index contributed by atoms with van der Waals surface area (Å²) in [5.74, 6) is -1.66. The molecule has 0 aliphatic carbocycles. The van der Waals surface area contributed by atoms with Gasteiger partial charge in [-0.2, -0.15) is 0 Å². The van der Waals surface area contributed by atoms with Crippen LogP contribution in [0.5, 0.6) is 0 Å². The fourth-order valence-corrected chi connectivity index (χ4v) is 1.94. The zero-order valence-electron chi connectivity index (χ0n) is 10.3. The van der Waals surface area contributed by atoms with E-state index in [2.05, 4.69) is 0 Å². The fraction of sp³-hybridized carbons (Fsp3) is 0.538. The summed E-state index contributed by atoms with van der Waals surface area (Å²) in [6.45, 7) is 3.87. The summed E-state index contributed by atoms with van der Waals surface area (Å²) >= 11 is 0. The average molecular weight is 244 g/mol. The second-order valence-electron chi connectivity index (χ2n) is 4.24. The minimum absolute atomic E-state index is 0.0612. The van der Waals surface area contributed by atoms with Crippen molar-refractivity contribution in [2.75, 3.05) is 7.11 Å². The lowest BCUT2D eigenvalue weighted by molar-refractivity contribution is -0.102. The number of methoxy groups -OCH3 is 1. The smallest absolute Gasteiger partial charge is 0.161 e. The predicted octanol–water partition coefficient (Wildman–Crippen LogP) is 3.06. The first-order chi connectivity index (χ1) is 7.99. The Morgan fingerprint density at radius 2 is 1.76 bits per heavy atom. The van der Waals surface area contributed by atoms with Crippen molar-refractivity contribution < 1.29 is 18.6 Å². The van der Waals surface area contributed by atoms with Gasteiger partial charge in [-0.25, -0.2) is 8.78 Å². The van der Waals surface area contributed by atoms with E-state index in [4.69, 9.17) is 4.74 Å². The lowest BCUT2D eigenvalue weighted by Crippen LogP contribution is -2.26. The number of hydrogen-bond acceptors (Lipinski definition) is 2. The van der Waals surface area contributed by atoms with Gasteiger partial charge < -0.3 is 9.84 Å². The molecule has 2 nitrogen and oxygen atoms in total. The summed E-state index contributed by atoms with van der Waals surface area (Å²) in [7, 11) is 1.37. The van der Waals surface area contributed by atoms with Crippen LogP contribution < -0.4 is 0 Å². The molecule has 17 heavy (non-hydrogen) atoms. The molecule has 1 aromatic rings. The van der Waals surface area contributed by atoms with Gasteiger partial charge in [-0.3, -0.25) is 0 Å². The van der Waals surface area contributed by atoms with Crippen LogP contribution in [-0.2, 0) is 4.74 Å². The number of rotatable bonds is 5. The number of ether oxygens (including phenoxy) is 1. The van der Waals surface area contributed by atoms with Gasteiger partial charge in [-0.15, -0.1) is 0 Å². The zero-order chi connectivity index (χ0) is 13.0. The van der Waals surface area contributed by atoms with E-state index in [9.17, 15) is 13.9 Å². The van der Waals surface area contributed by atoms with Crippen LogP contribution in [0, 0.1) is 17.6 Å². The standard InChI is InChI=1S/C13H18F2O2/c1-4-8(2)12(13(16)17-3)9-5-10(14)7-11(15)6-9/h5-8,12-13,16H,4H2,1-3H3/t8-,12-,13?/m0/s1. The molecule has 0 aliphatic rings. The maximum Gasteiger partial charge on any atom is 0.161 e. The quantitative estimate of drug-likeness (QED) is 0.807. The Morgan fingerprint density at radius 1 is 1.24 bits per heavy atom. The van der Waals surface area contributed by atoms with Crippen LogP contribution in [0.15, 0.2) is 18.2 Å². The molecule has 0 saturated carbocycles. The highest BCUT2D eigenvalue weighted by atomic mass is 19.1. The predicted molar refractivity (Wildman–Crippen MR) is 61.6 cm³/mol. The summed E-state index contributed by atoms with van der Waals surface area (Å²) in [5.41, 5.74) is 0.422. The Hall–Kier alpha value is -1.00. The van der Waals surface area contributed by atoms with Gasteiger partial charge in [0.05, 0.1) is 0 Å². The Balaban J connectivity index is 3.12. The van der Waals surface area contributed by atoms with Crippen molar-refractivity contribution in [3.63, 3.8) is 0 Å². The molecule has 0 fully saturated rings. The van der Waals surface area contributed by atoms with E-state index in [-0.39, 0.29) is 5.92 Å². The van der Waals surface area contributed by atoms with Crippen LogP contribution in [0.4, 0.5) is 8.78 Å². The number of aliphatic hydroxyl groups excluding tert-OH is 1. The van der Waals surface area contributed by atoms with Crippen molar-refractivity contribution in [2.24, 2.45) is 5.92 Å². The molecule has 1 N–H and O–H groups in total. The van der Waals surface area contributed by atoms with Crippen molar-refractivity contribution in [1.29, 1.82) is 0 Å². The van der Waals surface area contributed by atoms with E-state index in [0.29, 0.717) is 5.56 Å². The summed E-state index contributed by atoms with van der Waals surface area (Å²) in [6, 6.07) is 3.29. The SMILES string of the molecule is CC[C@H](C)[C@@H](c1cc(F)cc(F)c1)C(O)OC. The Kier molecular flexibility index (Phi) is 5.02. The van der Waals surface area contributed by atoms with Crippen molar-refractivity contribution >= 4 is 0 Å². The maximum atomic E-state index is 13.2. The molecule has 0 saturated heterocycles. The average Bonchev–Trinajstić information content (AvgIpc) is 2.27. The lowest BCUT2D eigenvalue weighted by atomic mass is 9.85. The monoisotopic (exact) mass is 244 g/mol. The summed E-state index contributed by atoms with van der Waals surface area (Å²) < 4.78 is 31.2. The number of benzene rings is 1. The Morgan fingerprint density at radius 3 is 2.18 bits per heavy atom. The van der Waals surface area contributed by atoms with Crippen LogP contribution in [0.25, 0.3) is 0 Å². The number of halogens is 2. The van der Waals surface area contributed by atoms with Gasteiger partial charge in [0, 0.05) is 19.1 Å². The van der Waals surface area contributed by atoms with E-state index in [1.54, 1.807) is 0 Å². The Bertz CT molecular complexity index is 338. The van der Waals surface area contributed by atoms with Crippen molar-refractivity contribution in [2.45, 2.75) is 32.5 Å². The van der Waals surface area contributed by atoms with Gasteiger partial charge >= 0.3 is 0 Å². The first-order valence-corrected chi connectivity index (χ1v) is 5.66. The van der Waals surface area contributed by atoms with Crippen molar-refractivity contribution in [3.05, 3.63) is 35.4 Å². The van der Waals surface area contributed by atoms with E-state index in [1.165, 1.54) is 19.2 Å². The molecular weight excluding hydrogens is 226 g/mol. The molecule has 3 atom stereocenters. The molecule has 0 amide bonds. The lowest BCUT2D eigenvalue weighted by Gasteiger charge is -2.27. The highest BCUT2D eigenvalue weighted by Gasteiger charge is 2.26. The minimum Gasteiger partial charge on any atom is -0.367 e. The summed E-state index contributed by atoms with van der Waals surface area (Å²) in [5, 5.41) is 9.79. The van der Waals surface area contributed by atoms with Gasteiger partial charge in [0.15, 0.2) is 6.29 Å². The second kappa shape index (κ2) is 6.07. The molecule has 1 aromatic carbocycles. The molecule has 0 aliphatic heterocycles. The van der Waals surface area contributed by atoms with Gasteiger partial charge in [0.2, 0.25) is 0 Å². The molecule has 1 unspecified atom stereocenters. The molecule has 4 heteroatoms. The van der Waals surface area contributed by atoms with Crippen molar-refractivity contribution in [3.8, 4) is 0 Å². The first-order valence-electron chi connectivity index (χ1n) is 5.66. The molecule has 0 heterocycles. The van der Waals surface area contributed by atoms with Crippen LogP contribution in [-0.4, -0.2) is 18.5 Å². The van der Waals surface area contributed by atoms with Gasteiger partial charge in [0.1, 0.15) is 11.6 Å². The molecule has 0 aromatic heterocycles. The maximum absolute atomic E-state index is 13.2. The molecule has 1 rings (SSSR count). The number of aliphatic hydroxyl groups is 1. The van der Waals surface area contributed by atoms with Crippen LogP contribution >= 0.6 is 0 Å². The molecule has 0 spiro atoms. The van der Waals surface area contributed by atoms with E-state index < -0.39 is 23.8 Å². The summed E-state index contributed by atoms with van der Waals surface area (Å²) in [6.07, 6.45) is -0.283. The van der Waals surface area contributed by atoms with Gasteiger partial charge in [-0.1, -0.05) is 20.3 Å². The fourth-order valence-electron chi connectivity index (χ4n) is 1.94. The highest BCUT2D eigenvalue weighted by molar-refractivity contribution is 5.23. The third-order valence-electron chi connectivity index (χ3n) is 3.08. The van der Waals surface area contributed by atoms with Gasteiger partial charge in [-0.05, 0) is 23.6 Å². The normalized spacial score (nSPS) is 16.6. The van der Waals surface area contributed by atoms with E-state index in [0.717, 1.165) is 12.5 Å². The zero-order valence-corrected chi connectivity index (χ0v) is 10.3. The molecule has 0 bridgehead atoms. The molecular formula is C13H18F2O2. The van der Waals surface area contributed by atoms with E-state index >= 15 is 0 Å². The third kappa shape index (κ3) is 3.48. The number of hydrogen-bond donors (Lipinski definition) is 1. The molecule has 96 valence electrons. The second-order valence-corrected chi connectivity index (χ2v) is 4.24. The van der Waals surface area contributed by atoms with Crippen LogP contribution in [0.1, 0.15) is 31.7 Å². The minimum atomic E-state index is -1.06. The first kappa shape index (κ1) is 14.1. The van der Waals surface area contributed by atoms with E-state index in [1.807, 2.05) is 13.8 Å². The third-order valence-corrected chi connectivity index (χ3v) is 3.08. The summed E-state index contributed by atoms with van der Waals surface area (Å²) in [4.78, 5) is 0. The largest absolute Gasteiger partial charge is 0.367 e. The molecule has 0 radical (unpaired) electrons. The Labute approximate surface area is 100 Å². The van der Waals surface area contributed by atoms with Crippen LogP contribution in [0.3, 0.4) is 0 Å². The van der Waals surface area contributed by atoms with Crippen molar-refractivity contribution in [1.82, 2.24) is 0 Å². The highest BCUT2D eigenvalue weighted by Crippen LogP contribution is 2.31. The van der Waals surface area contributed by atoms with Gasteiger partial charge in [0.25, 0.3) is 0 Å². The van der Waals surface area contributed by atoms with Crippen LogP contribution in [0.2, 0.25) is 0 Å².